The molecule has 100 valence electrons. The van der Waals surface area contributed by atoms with Gasteiger partial charge in [-0.1, -0.05) is 0 Å². The Kier molecular flexibility index (Phi) is 2.68. The first kappa shape index (κ1) is 12.0. The first-order valence-corrected chi connectivity index (χ1v) is 5.68. The molecule has 1 aliphatic rings. The average Bonchev–Trinajstić information content (AvgIpc) is 2.92. The van der Waals surface area contributed by atoms with Crippen LogP contribution in [0, 0.1) is 6.08 Å². The van der Waals surface area contributed by atoms with Crippen LogP contribution in [-0.4, -0.2) is 38.1 Å². The largest absolute Gasteiger partial charge is 0.390 e. The number of aliphatic hydroxyl groups is 1. The fraction of sp³-hybridized carbons (Fsp3) is 0.364. The van der Waals surface area contributed by atoms with Crippen LogP contribution in [0.3, 0.4) is 0 Å². The highest BCUT2D eigenvalue weighted by Gasteiger charge is 2.35. The Morgan fingerprint density at radius 1 is 1.58 bits per heavy atom. The van der Waals surface area contributed by atoms with Gasteiger partial charge in [0, 0.05) is 12.6 Å². The topological polar surface area (TPSA) is 103 Å². The van der Waals surface area contributed by atoms with Crippen molar-refractivity contribution in [1.29, 1.82) is 0 Å². The Morgan fingerprint density at radius 3 is 3.05 bits per heavy atom. The summed E-state index contributed by atoms with van der Waals surface area (Å²) in [6.07, 6.45) is -0.916. The van der Waals surface area contributed by atoms with Crippen molar-refractivity contribution in [2.24, 2.45) is 0 Å². The summed E-state index contributed by atoms with van der Waals surface area (Å²) < 4.78 is 20.1. The molecule has 0 bridgehead atoms. The molecule has 3 atom stereocenters. The Morgan fingerprint density at radius 2 is 2.37 bits per heavy atom. The van der Waals surface area contributed by atoms with Gasteiger partial charge in [-0.15, -0.1) is 0 Å². The van der Waals surface area contributed by atoms with E-state index in [0.29, 0.717) is 11.7 Å². The summed E-state index contributed by atoms with van der Waals surface area (Å²) in [4.78, 5) is 17.8. The van der Waals surface area contributed by atoms with Crippen LogP contribution in [0.5, 0.6) is 0 Å². The minimum Gasteiger partial charge on any atom is -0.390 e. The van der Waals surface area contributed by atoms with E-state index in [4.69, 9.17) is 10.5 Å². The van der Waals surface area contributed by atoms with Crippen molar-refractivity contribution in [2.45, 2.75) is 24.9 Å². The third-order valence-corrected chi connectivity index (χ3v) is 3.16. The summed E-state index contributed by atoms with van der Waals surface area (Å²) in [5.41, 5.74) is 5.87. The smallest absolute Gasteiger partial charge is 0.312 e. The summed E-state index contributed by atoms with van der Waals surface area (Å²) in [5, 5.41) is 10.1. The molecule has 8 heteroatoms. The number of nitrogens with zero attached hydrogens (tertiary/aromatic N) is 3. The lowest BCUT2D eigenvalue weighted by molar-refractivity contribution is -0.122. The number of aldehydes is 1. The number of fused-ring (bicyclic) bond motifs is 1. The lowest BCUT2D eigenvalue weighted by atomic mass is 10.2. The highest BCUT2D eigenvalue weighted by Crippen LogP contribution is 2.31. The number of anilines is 1. The van der Waals surface area contributed by atoms with Gasteiger partial charge < -0.3 is 24.9 Å². The van der Waals surface area contributed by atoms with Crippen LogP contribution in [0.25, 0.3) is 11.0 Å². The maximum absolute atomic E-state index is 13.2. The van der Waals surface area contributed by atoms with Crippen molar-refractivity contribution >= 4 is 23.1 Å². The highest BCUT2D eigenvalue weighted by molar-refractivity contribution is 5.86. The van der Waals surface area contributed by atoms with Gasteiger partial charge in [0.05, 0.1) is 11.5 Å². The second-order valence-corrected chi connectivity index (χ2v) is 4.33. The number of ether oxygens (including phenoxy) is 1. The molecule has 1 fully saturated rings. The van der Waals surface area contributed by atoms with Crippen molar-refractivity contribution < 1.29 is 19.0 Å². The summed E-state index contributed by atoms with van der Waals surface area (Å²) in [6, 6.07) is 1.63. The van der Waals surface area contributed by atoms with Gasteiger partial charge in [0.25, 0.3) is 0 Å². The molecule has 0 aliphatic carbocycles. The molecule has 0 aromatic carbocycles. The Bertz CT molecular complexity index is 644. The van der Waals surface area contributed by atoms with Crippen molar-refractivity contribution in [1.82, 2.24) is 14.5 Å². The predicted molar refractivity (Wildman–Crippen MR) is 62.5 cm³/mol. The molecule has 3 N–H and O–H groups in total. The zero-order valence-corrected chi connectivity index (χ0v) is 9.73. The number of hydrogen-bond donors (Lipinski definition) is 2. The second kappa shape index (κ2) is 4.25. The zero-order valence-electron chi connectivity index (χ0n) is 9.73. The maximum atomic E-state index is 13.2. The van der Waals surface area contributed by atoms with Crippen LogP contribution in [0.15, 0.2) is 12.3 Å². The first-order valence-electron chi connectivity index (χ1n) is 5.68. The van der Waals surface area contributed by atoms with Crippen molar-refractivity contribution in [2.75, 3.05) is 5.73 Å². The van der Waals surface area contributed by atoms with Crippen LogP contribution in [0.2, 0.25) is 0 Å². The van der Waals surface area contributed by atoms with Gasteiger partial charge in [-0.3, -0.25) is 0 Å². The number of aromatic nitrogens is 3. The average molecular weight is 266 g/mol. The molecule has 0 saturated carbocycles. The zero-order chi connectivity index (χ0) is 13.6. The number of nitrogens with two attached hydrogens (primary N) is 1. The quantitative estimate of drug-likeness (QED) is 0.585. The van der Waals surface area contributed by atoms with E-state index in [1.807, 2.05) is 0 Å². The SMILES string of the molecule is Nc1nc(F)nc2c1ccn2[C@H]1C[C@H](O)[C@@H](C=O)O1. The molecular weight excluding hydrogens is 255 g/mol. The van der Waals surface area contributed by atoms with E-state index in [1.165, 1.54) is 4.57 Å². The third kappa shape index (κ3) is 1.85. The normalized spacial score (nSPS) is 26.9. The summed E-state index contributed by atoms with van der Waals surface area (Å²) in [6.45, 7) is 0. The highest BCUT2D eigenvalue weighted by atomic mass is 19.1. The minimum absolute atomic E-state index is 0.0340. The van der Waals surface area contributed by atoms with Crippen LogP contribution in [0.1, 0.15) is 12.6 Å². The van der Waals surface area contributed by atoms with Crippen LogP contribution in [-0.2, 0) is 9.53 Å². The maximum Gasteiger partial charge on any atom is 0.312 e. The molecule has 3 heterocycles. The fourth-order valence-corrected chi connectivity index (χ4v) is 2.23. The predicted octanol–water partition coefficient (Wildman–Crippen LogP) is -0.000100. The van der Waals surface area contributed by atoms with Gasteiger partial charge in [-0.05, 0) is 6.07 Å². The van der Waals surface area contributed by atoms with E-state index >= 15 is 0 Å². The Hall–Kier alpha value is -2.06. The molecule has 7 nitrogen and oxygen atoms in total. The van der Waals surface area contributed by atoms with Crippen LogP contribution < -0.4 is 5.73 Å². The second-order valence-electron chi connectivity index (χ2n) is 4.33. The first-order chi connectivity index (χ1) is 9.10. The number of hydrogen-bond acceptors (Lipinski definition) is 6. The van der Waals surface area contributed by atoms with Crippen LogP contribution >= 0.6 is 0 Å². The minimum atomic E-state index is -0.935. The van der Waals surface area contributed by atoms with Crippen LogP contribution in [0.4, 0.5) is 10.2 Å². The number of carbonyl (C=O) groups is 1. The number of carbonyl (C=O) groups excluding carboxylic acids is 1. The molecule has 3 rings (SSSR count). The van der Waals surface area contributed by atoms with E-state index in [0.717, 1.165) is 0 Å². The summed E-state index contributed by atoms with van der Waals surface area (Å²) >= 11 is 0. The number of nitrogen functional groups attached to an aromatic ring is 1. The number of aliphatic hydroxyl groups excluding tert-OH is 1. The summed E-state index contributed by atoms with van der Waals surface area (Å²) in [5.74, 6) is 0.0340. The van der Waals surface area contributed by atoms with E-state index in [9.17, 15) is 14.3 Å². The van der Waals surface area contributed by atoms with Gasteiger partial charge in [-0.2, -0.15) is 14.4 Å². The molecule has 19 heavy (non-hydrogen) atoms. The van der Waals surface area contributed by atoms with Gasteiger partial charge in [0.1, 0.15) is 18.1 Å². The van der Waals surface area contributed by atoms with E-state index in [-0.39, 0.29) is 17.9 Å². The molecule has 0 radical (unpaired) electrons. The van der Waals surface area contributed by atoms with E-state index in [1.54, 1.807) is 12.3 Å². The van der Waals surface area contributed by atoms with Crippen molar-refractivity contribution in [3.05, 3.63) is 18.3 Å². The van der Waals surface area contributed by atoms with Gasteiger partial charge in [0.2, 0.25) is 0 Å². The molecule has 2 aromatic rings. The van der Waals surface area contributed by atoms with Crippen molar-refractivity contribution in [3.63, 3.8) is 0 Å². The number of halogens is 1. The van der Waals surface area contributed by atoms with Gasteiger partial charge in [-0.25, -0.2) is 0 Å². The van der Waals surface area contributed by atoms with Crippen molar-refractivity contribution in [3.8, 4) is 0 Å². The molecule has 2 aromatic heterocycles. The fourth-order valence-electron chi connectivity index (χ4n) is 2.23. The van der Waals surface area contributed by atoms with E-state index < -0.39 is 24.5 Å². The van der Waals surface area contributed by atoms with Gasteiger partial charge in [0.15, 0.2) is 11.9 Å². The third-order valence-electron chi connectivity index (χ3n) is 3.16. The molecule has 0 spiro atoms. The monoisotopic (exact) mass is 266 g/mol. The number of rotatable bonds is 2. The molecule has 0 unspecified atom stereocenters. The Balaban J connectivity index is 2.05. The van der Waals surface area contributed by atoms with E-state index in [2.05, 4.69) is 9.97 Å². The Labute approximate surface area is 106 Å². The molecule has 1 aliphatic heterocycles. The molecular formula is C11H11FN4O3. The lowest BCUT2D eigenvalue weighted by Gasteiger charge is -2.13. The standard InChI is InChI=1S/C11H11FN4O3/c12-11-14-9(13)5-1-2-16(10(5)15-11)8-3-6(18)7(4-17)19-8/h1-2,4,6-8,18H,3H2,(H2,13,14,15)/t6-,7+,8+/m0/s1. The lowest BCUT2D eigenvalue weighted by Crippen LogP contribution is -2.21. The molecule has 0 amide bonds. The summed E-state index contributed by atoms with van der Waals surface area (Å²) in [7, 11) is 0. The molecule has 1 saturated heterocycles. The van der Waals surface area contributed by atoms with Gasteiger partial charge >= 0.3 is 6.08 Å².